The van der Waals surface area contributed by atoms with Crippen LogP contribution in [0.15, 0.2) is 29.3 Å². The number of anilines is 1. The van der Waals surface area contributed by atoms with Crippen LogP contribution in [0.5, 0.6) is 0 Å². The second-order valence-electron chi connectivity index (χ2n) is 8.13. The molecule has 0 radical (unpaired) electrons. The van der Waals surface area contributed by atoms with E-state index in [1.54, 1.807) is 0 Å². The Hall–Kier alpha value is -2.24. The Morgan fingerprint density at radius 3 is 2.67 bits per heavy atom. The van der Waals surface area contributed by atoms with Crippen LogP contribution in [0.4, 0.5) is 5.69 Å². The minimum absolute atomic E-state index is 0.0973. The number of nitrogens with one attached hydrogen (secondary N) is 2. The summed E-state index contributed by atoms with van der Waals surface area (Å²) in [5.74, 6) is 1.15. The first-order valence-corrected chi connectivity index (χ1v) is 10.3. The van der Waals surface area contributed by atoms with E-state index in [9.17, 15) is 4.79 Å². The lowest BCUT2D eigenvalue weighted by Gasteiger charge is -2.38. The number of rotatable bonds is 4. The molecular formula is C21H31N5O. The first-order chi connectivity index (χ1) is 13.2. The van der Waals surface area contributed by atoms with E-state index in [0.29, 0.717) is 25.0 Å². The molecule has 1 amide bonds. The molecule has 3 fully saturated rings. The molecule has 2 heterocycles. The van der Waals surface area contributed by atoms with Crippen LogP contribution in [0.3, 0.4) is 0 Å². The SMILES string of the molecule is CCNC(=NCc1ccc(N2CCNC(=O)C2)cc1)N1CCC2(CCC2)C1. The third kappa shape index (κ3) is 4.04. The summed E-state index contributed by atoms with van der Waals surface area (Å²) in [7, 11) is 0. The molecule has 1 spiro atoms. The van der Waals surface area contributed by atoms with Gasteiger partial charge in [0.25, 0.3) is 0 Å². The van der Waals surface area contributed by atoms with Crippen LogP contribution in [0.25, 0.3) is 0 Å². The van der Waals surface area contributed by atoms with Gasteiger partial charge in [0.1, 0.15) is 0 Å². The van der Waals surface area contributed by atoms with Crippen molar-refractivity contribution in [1.82, 2.24) is 15.5 Å². The Morgan fingerprint density at radius 1 is 1.22 bits per heavy atom. The molecule has 6 nitrogen and oxygen atoms in total. The smallest absolute Gasteiger partial charge is 0.239 e. The predicted octanol–water partition coefficient (Wildman–Crippen LogP) is 1.96. The fourth-order valence-electron chi connectivity index (χ4n) is 4.46. The molecule has 2 N–H and O–H groups in total. The van der Waals surface area contributed by atoms with Crippen molar-refractivity contribution < 1.29 is 4.79 Å². The number of benzene rings is 1. The number of likely N-dealkylation sites (tertiary alicyclic amines) is 1. The molecule has 2 saturated heterocycles. The first-order valence-electron chi connectivity index (χ1n) is 10.3. The summed E-state index contributed by atoms with van der Waals surface area (Å²) in [6, 6.07) is 8.48. The monoisotopic (exact) mass is 369 g/mol. The highest BCUT2D eigenvalue weighted by Gasteiger charge is 2.43. The van der Waals surface area contributed by atoms with Crippen molar-refractivity contribution in [2.45, 2.75) is 39.2 Å². The number of piperazine rings is 1. The summed E-state index contributed by atoms with van der Waals surface area (Å²) in [6.07, 6.45) is 5.49. The third-order valence-corrected chi connectivity index (χ3v) is 6.24. The van der Waals surface area contributed by atoms with E-state index < -0.39 is 0 Å². The molecule has 4 rings (SSSR count). The largest absolute Gasteiger partial charge is 0.360 e. The summed E-state index contributed by atoms with van der Waals surface area (Å²) in [5.41, 5.74) is 2.89. The lowest BCUT2D eigenvalue weighted by atomic mass is 9.68. The van der Waals surface area contributed by atoms with E-state index >= 15 is 0 Å². The van der Waals surface area contributed by atoms with Crippen LogP contribution >= 0.6 is 0 Å². The van der Waals surface area contributed by atoms with Crippen LogP contribution in [-0.4, -0.2) is 56.0 Å². The van der Waals surface area contributed by atoms with Crippen LogP contribution in [0.2, 0.25) is 0 Å². The van der Waals surface area contributed by atoms with Crippen LogP contribution in [0, 0.1) is 5.41 Å². The second kappa shape index (κ2) is 7.79. The van der Waals surface area contributed by atoms with Crippen molar-refractivity contribution in [2.24, 2.45) is 10.4 Å². The molecule has 0 bridgehead atoms. The third-order valence-electron chi connectivity index (χ3n) is 6.24. The molecule has 6 heteroatoms. The van der Waals surface area contributed by atoms with Gasteiger partial charge >= 0.3 is 0 Å². The highest BCUT2D eigenvalue weighted by molar-refractivity contribution is 5.82. The van der Waals surface area contributed by atoms with Gasteiger partial charge < -0.3 is 20.4 Å². The molecule has 1 aromatic rings. The van der Waals surface area contributed by atoms with Crippen molar-refractivity contribution in [3.8, 4) is 0 Å². The number of guanidine groups is 1. The summed E-state index contributed by atoms with van der Waals surface area (Å²) < 4.78 is 0. The van der Waals surface area contributed by atoms with E-state index in [1.165, 1.54) is 31.2 Å². The number of aliphatic imine (C=N–C) groups is 1. The zero-order valence-corrected chi connectivity index (χ0v) is 16.3. The molecule has 0 aromatic heterocycles. The van der Waals surface area contributed by atoms with Crippen molar-refractivity contribution in [2.75, 3.05) is 44.2 Å². The minimum atomic E-state index is 0.0973. The molecule has 2 aliphatic heterocycles. The van der Waals surface area contributed by atoms with Gasteiger partial charge in [-0.3, -0.25) is 4.79 Å². The average molecular weight is 370 g/mol. The molecular weight excluding hydrogens is 338 g/mol. The summed E-state index contributed by atoms with van der Waals surface area (Å²) >= 11 is 0. The molecule has 0 atom stereocenters. The quantitative estimate of drug-likeness (QED) is 0.629. The van der Waals surface area contributed by atoms with Gasteiger partial charge in [-0.25, -0.2) is 4.99 Å². The Bertz CT molecular complexity index is 695. The fraction of sp³-hybridized carbons (Fsp3) is 0.619. The number of nitrogens with zero attached hydrogens (tertiary/aromatic N) is 3. The van der Waals surface area contributed by atoms with Gasteiger partial charge in [-0.2, -0.15) is 0 Å². The summed E-state index contributed by atoms with van der Waals surface area (Å²) in [4.78, 5) is 21.0. The number of amides is 1. The van der Waals surface area contributed by atoms with Crippen molar-refractivity contribution in [3.63, 3.8) is 0 Å². The number of hydrogen-bond donors (Lipinski definition) is 2. The highest BCUT2D eigenvalue weighted by Crippen LogP contribution is 2.47. The minimum Gasteiger partial charge on any atom is -0.360 e. The Morgan fingerprint density at radius 2 is 2.04 bits per heavy atom. The summed E-state index contributed by atoms with van der Waals surface area (Å²) in [5, 5.41) is 6.34. The molecule has 1 aliphatic carbocycles. The second-order valence-corrected chi connectivity index (χ2v) is 8.13. The van der Waals surface area contributed by atoms with Crippen molar-refractivity contribution in [3.05, 3.63) is 29.8 Å². The molecule has 146 valence electrons. The molecule has 0 unspecified atom stereocenters. The Balaban J connectivity index is 1.38. The molecule has 1 aromatic carbocycles. The maximum atomic E-state index is 11.6. The Labute approximate surface area is 162 Å². The lowest BCUT2D eigenvalue weighted by Crippen LogP contribution is -2.47. The first kappa shape index (κ1) is 18.1. The normalized spacial score (nSPS) is 22.0. The van der Waals surface area contributed by atoms with E-state index in [2.05, 4.69) is 51.6 Å². The van der Waals surface area contributed by atoms with Crippen molar-refractivity contribution >= 4 is 17.6 Å². The molecule has 3 aliphatic rings. The van der Waals surface area contributed by atoms with E-state index in [0.717, 1.165) is 37.8 Å². The maximum Gasteiger partial charge on any atom is 0.239 e. The standard InChI is InChI=1S/C21H31N5O/c1-2-22-20(26-12-10-21(16-26)8-3-9-21)24-14-17-4-6-18(7-5-17)25-13-11-23-19(27)15-25/h4-7H,2-3,8-16H2,1H3,(H,22,24)(H,23,27). The van der Waals surface area contributed by atoms with Gasteiger partial charge in [0.15, 0.2) is 5.96 Å². The van der Waals surface area contributed by atoms with Gasteiger partial charge in [-0.15, -0.1) is 0 Å². The van der Waals surface area contributed by atoms with E-state index in [-0.39, 0.29) is 5.91 Å². The van der Waals surface area contributed by atoms with Crippen LogP contribution in [0.1, 0.15) is 38.2 Å². The molecule has 27 heavy (non-hydrogen) atoms. The van der Waals surface area contributed by atoms with Gasteiger partial charge in [0.2, 0.25) is 5.91 Å². The number of carbonyl (C=O) groups is 1. The van der Waals surface area contributed by atoms with Crippen LogP contribution < -0.4 is 15.5 Å². The Kier molecular flexibility index (Phi) is 5.23. The highest BCUT2D eigenvalue weighted by atomic mass is 16.2. The fourth-order valence-corrected chi connectivity index (χ4v) is 4.46. The maximum absolute atomic E-state index is 11.6. The zero-order valence-electron chi connectivity index (χ0n) is 16.3. The van der Waals surface area contributed by atoms with Gasteiger partial charge in [-0.05, 0) is 49.3 Å². The number of hydrogen-bond acceptors (Lipinski definition) is 3. The topological polar surface area (TPSA) is 60.0 Å². The van der Waals surface area contributed by atoms with E-state index in [1.807, 2.05) is 0 Å². The van der Waals surface area contributed by atoms with Crippen molar-refractivity contribution in [1.29, 1.82) is 0 Å². The lowest BCUT2D eigenvalue weighted by molar-refractivity contribution is -0.120. The van der Waals surface area contributed by atoms with Gasteiger partial charge in [0, 0.05) is 38.4 Å². The van der Waals surface area contributed by atoms with E-state index in [4.69, 9.17) is 4.99 Å². The predicted molar refractivity (Wildman–Crippen MR) is 109 cm³/mol. The molecule has 1 saturated carbocycles. The summed E-state index contributed by atoms with van der Waals surface area (Å²) in [6.45, 7) is 8.04. The van der Waals surface area contributed by atoms with Crippen LogP contribution in [-0.2, 0) is 11.3 Å². The van der Waals surface area contributed by atoms with Gasteiger partial charge in [0.05, 0.1) is 13.1 Å². The zero-order chi connectivity index (χ0) is 18.7. The number of carbonyl (C=O) groups excluding carboxylic acids is 1. The average Bonchev–Trinajstić information content (AvgIpc) is 3.12. The van der Waals surface area contributed by atoms with Gasteiger partial charge in [-0.1, -0.05) is 18.6 Å².